The number of hydrogen-bond acceptors (Lipinski definition) is 8. The molecule has 35 heavy (non-hydrogen) atoms. The molecule has 188 valence electrons. The molecule has 7 nitrogen and oxygen atoms in total. The number of morpholine rings is 1. The van der Waals surface area contributed by atoms with E-state index in [2.05, 4.69) is 9.88 Å². The number of thiazole rings is 1. The Labute approximate surface area is 219 Å². The average molecular weight is 554 g/mol. The minimum Gasteiger partial charge on any atom is -0.379 e. The van der Waals surface area contributed by atoms with E-state index in [0.717, 1.165) is 34.9 Å². The zero-order valence-electron chi connectivity index (χ0n) is 19.5. The Morgan fingerprint density at radius 1 is 1.20 bits per heavy atom. The second kappa shape index (κ2) is 12.0. The largest absolute Gasteiger partial charge is 0.379 e. The second-order valence-electron chi connectivity index (χ2n) is 8.28. The first-order chi connectivity index (χ1) is 16.8. The maximum Gasteiger partial charge on any atom is 0.228 e. The smallest absolute Gasteiger partial charge is 0.228 e. The first-order valence-electron chi connectivity index (χ1n) is 11.4. The number of nitrogens with zero attached hydrogens (tertiary/aromatic N) is 3. The third-order valence-corrected chi connectivity index (χ3v) is 9.19. The lowest BCUT2D eigenvalue weighted by molar-refractivity contribution is -0.118. The van der Waals surface area contributed by atoms with E-state index in [-0.39, 0.29) is 10.8 Å². The van der Waals surface area contributed by atoms with Crippen LogP contribution in [0, 0.1) is 0 Å². The van der Waals surface area contributed by atoms with Crippen molar-refractivity contribution < 1.29 is 17.9 Å². The van der Waals surface area contributed by atoms with Crippen molar-refractivity contribution in [3.05, 3.63) is 47.5 Å². The van der Waals surface area contributed by atoms with Gasteiger partial charge in [0.25, 0.3) is 0 Å². The Kier molecular flexibility index (Phi) is 9.07. The molecule has 2 aromatic carbocycles. The number of amides is 1. The van der Waals surface area contributed by atoms with E-state index >= 15 is 0 Å². The summed E-state index contributed by atoms with van der Waals surface area (Å²) in [7, 11) is -3.43. The first-order valence-corrected chi connectivity index (χ1v) is 15.5. The molecule has 0 bridgehead atoms. The van der Waals surface area contributed by atoms with Crippen LogP contribution in [0.15, 0.2) is 52.3 Å². The molecule has 0 atom stereocenters. The third kappa shape index (κ3) is 7.18. The second-order valence-corrected chi connectivity index (χ2v) is 12.9. The lowest BCUT2D eigenvalue weighted by Crippen LogP contribution is -2.43. The number of para-hydroxylation sites is 1. The van der Waals surface area contributed by atoms with E-state index in [4.69, 9.17) is 16.3 Å². The fourth-order valence-electron chi connectivity index (χ4n) is 3.80. The number of aromatic nitrogens is 1. The lowest BCUT2D eigenvalue weighted by atomic mass is 10.3. The van der Waals surface area contributed by atoms with Gasteiger partial charge in [0.2, 0.25) is 5.91 Å². The summed E-state index contributed by atoms with van der Waals surface area (Å²) in [6, 6.07) is 12.8. The van der Waals surface area contributed by atoms with Crippen LogP contribution < -0.4 is 4.90 Å². The topological polar surface area (TPSA) is 79.8 Å². The molecule has 1 aromatic heterocycles. The molecule has 4 rings (SSSR count). The van der Waals surface area contributed by atoms with Crippen molar-refractivity contribution in [2.75, 3.05) is 56.3 Å². The molecule has 3 aromatic rings. The highest BCUT2D eigenvalue weighted by Crippen LogP contribution is 2.33. The number of ether oxygens (including phenoxy) is 1. The number of sulfone groups is 1. The highest BCUT2D eigenvalue weighted by Gasteiger charge is 2.23. The van der Waals surface area contributed by atoms with Gasteiger partial charge in [-0.1, -0.05) is 29.0 Å². The van der Waals surface area contributed by atoms with Crippen molar-refractivity contribution in [2.45, 2.75) is 22.6 Å². The molecule has 0 saturated carbocycles. The highest BCUT2D eigenvalue weighted by molar-refractivity contribution is 7.99. The van der Waals surface area contributed by atoms with E-state index in [1.165, 1.54) is 17.6 Å². The van der Waals surface area contributed by atoms with Crippen molar-refractivity contribution >= 4 is 65.8 Å². The molecule has 1 amide bonds. The molecule has 0 N–H and O–H groups in total. The predicted octanol–water partition coefficient (Wildman–Crippen LogP) is 4.59. The Morgan fingerprint density at radius 3 is 2.66 bits per heavy atom. The minimum absolute atomic E-state index is 0.00470. The van der Waals surface area contributed by atoms with Crippen LogP contribution in [-0.2, 0) is 19.4 Å². The van der Waals surface area contributed by atoms with E-state index in [1.54, 1.807) is 28.8 Å². The molecule has 0 spiro atoms. The highest BCUT2D eigenvalue weighted by atomic mass is 35.5. The Balaban J connectivity index is 1.48. The van der Waals surface area contributed by atoms with Crippen LogP contribution >= 0.6 is 34.7 Å². The zero-order chi connectivity index (χ0) is 24.8. The number of carbonyl (C=O) groups is 1. The van der Waals surface area contributed by atoms with Crippen LogP contribution in [0.2, 0.25) is 5.02 Å². The zero-order valence-corrected chi connectivity index (χ0v) is 22.7. The fourth-order valence-corrected chi connectivity index (χ4v) is 6.71. The number of hydrogen-bond donors (Lipinski definition) is 0. The maximum atomic E-state index is 13.3. The molecule has 1 saturated heterocycles. The van der Waals surface area contributed by atoms with Crippen molar-refractivity contribution in [1.29, 1.82) is 0 Å². The summed E-state index contributed by atoms with van der Waals surface area (Å²) in [5.41, 5.74) is 0.428. The van der Waals surface area contributed by atoms with Gasteiger partial charge in [-0.25, -0.2) is 13.4 Å². The molecule has 0 radical (unpaired) electrons. The molecular formula is C24H28ClN3O4S3. The standard InChI is InChI=1S/C24H28ClN3O4S3/c1-35(30,31)21-5-2-4-20-23(21)26-24(34-20)28(12-11-27-13-15-32-16-14-27)22(29)6-3-17-33-19-9-7-18(25)8-10-19/h2,4-5,7-10H,3,6,11-17H2,1H3. The summed E-state index contributed by atoms with van der Waals surface area (Å²) >= 11 is 9.00. The number of halogens is 1. The molecule has 0 unspecified atom stereocenters. The number of anilines is 1. The molecule has 0 aliphatic carbocycles. The van der Waals surface area contributed by atoms with Crippen molar-refractivity contribution in [3.8, 4) is 0 Å². The Bertz CT molecular complexity index is 1260. The van der Waals surface area contributed by atoms with Crippen LogP contribution in [0.3, 0.4) is 0 Å². The van der Waals surface area contributed by atoms with Crippen molar-refractivity contribution in [1.82, 2.24) is 9.88 Å². The van der Waals surface area contributed by atoms with Gasteiger partial charge in [-0.05, 0) is 48.6 Å². The van der Waals surface area contributed by atoms with Crippen LogP contribution in [-0.4, -0.2) is 75.6 Å². The van der Waals surface area contributed by atoms with Gasteiger partial charge in [-0.3, -0.25) is 14.6 Å². The predicted molar refractivity (Wildman–Crippen MR) is 144 cm³/mol. The van der Waals surface area contributed by atoms with Crippen molar-refractivity contribution in [2.24, 2.45) is 0 Å². The summed E-state index contributed by atoms with van der Waals surface area (Å²) in [4.78, 5) is 23.3. The Hall–Kier alpha value is -1.69. The molecule has 2 heterocycles. The van der Waals surface area contributed by atoms with Gasteiger partial charge in [0, 0.05) is 48.8 Å². The molecule has 1 fully saturated rings. The first kappa shape index (κ1) is 26.4. The monoisotopic (exact) mass is 553 g/mol. The quantitative estimate of drug-likeness (QED) is 0.268. The normalized spacial score (nSPS) is 14.9. The number of thioether (sulfide) groups is 1. The molecular weight excluding hydrogens is 526 g/mol. The minimum atomic E-state index is -3.43. The number of rotatable bonds is 10. The summed E-state index contributed by atoms with van der Waals surface area (Å²) in [6.07, 6.45) is 2.29. The van der Waals surface area contributed by atoms with Gasteiger partial charge in [0.05, 0.1) is 22.8 Å². The summed E-state index contributed by atoms with van der Waals surface area (Å²) in [5.74, 6) is 0.804. The van der Waals surface area contributed by atoms with Gasteiger partial charge >= 0.3 is 0 Å². The van der Waals surface area contributed by atoms with E-state index < -0.39 is 9.84 Å². The molecule has 1 aliphatic rings. The van der Waals surface area contributed by atoms with Crippen molar-refractivity contribution in [3.63, 3.8) is 0 Å². The maximum absolute atomic E-state index is 13.3. The van der Waals surface area contributed by atoms with Gasteiger partial charge in [0.1, 0.15) is 5.52 Å². The van der Waals surface area contributed by atoms with Gasteiger partial charge in [0.15, 0.2) is 15.0 Å². The van der Waals surface area contributed by atoms with Gasteiger partial charge in [-0.2, -0.15) is 0 Å². The lowest BCUT2D eigenvalue weighted by Gasteiger charge is -2.29. The summed E-state index contributed by atoms with van der Waals surface area (Å²) in [6.45, 7) is 4.25. The average Bonchev–Trinajstić information content (AvgIpc) is 3.27. The molecule has 1 aliphatic heterocycles. The van der Waals surface area contributed by atoms with E-state index in [9.17, 15) is 13.2 Å². The fraction of sp³-hybridized carbons (Fsp3) is 0.417. The summed E-state index contributed by atoms with van der Waals surface area (Å²) < 4.78 is 30.7. The van der Waals surface area contributed by atoms with Gasteiger partial charge < -0.3 is 4.74 Å². The summed E-state index contributed by atoms with van der Waals surface area (Å²) in [5, 5.41) is 1.25. The third-order valence-electron chi connectivity index (χ3n) is 5.66. The number of carbonyl (C=O) groups excluding carboxylic acids is 1. The van der Waals surface area contributed by atoms with Crippen LogP contribution in [0.25, 0.3) is 10.2 Å². The van der Waals surface area contributed by atoms with Crippen LogP contribution in [0.1, 0.15) is 12.8 Å². The van der Waals surface area contributed by atoms with Crippen LogP contribution in [0.4, 0.5) is 5.13 Å². The molecule has 11 heteroatoms. The Morgan fingerprint density at radius 2 is 1.94 bits per heavy atom. The number of fused-ring (bicyclic) bond motifs is 1. The number of benzene rings is 2. The van der Waals surface area contributed by atoms with E-state index in [0.29, 0.717) is 48.4 Å². The van der Waals surface area contributed by atoms with E-state index in [1.807, 2.05) is 30.3 Å². The van der Waals surface area contributed by atoms with Gasteiger partial charge in [-0.15, -0.1) is 11.8 Å². The SMILES string of the molecule is CS(=O)(=O)c1cccc2sc(N(CCN3CCOCC3)C(=O)CCCSc3ccc(Cl)cc3)nc12. The van der Waals surface area contributed by atoms with Crippen LogP contribution in [0.5, 0.6) is 0 Å².